The number of rotatable bonds is 3. The first-order valence-corrected chi connectivity index (χ1v) is 4.92. The fourth-order valence-corrected chi connectivity index (χ4v) is 2.00. The highest BCUT2D eigenvalue weighted by Gasteiger charge is 2.43. The fourth-order valence-electron chi connectivity index (χ4n) is 2.00. The summed E-state index contributed by atoms with van der Waals surface area (Å²) in [6.07, 6.45) is 5.71. The van der Waals surface area contributed by atoms with E-state index in [4.69, 9.17) is 5.73 Å². The number of aliphatic hydroxyl groups excluding tert-OH is 1. The Hall–Kier alpha value is -1.00. The molecule has 4 nitrogen and oxygen atoms in total. The van der Waals surface area contributed by atoms with Crippen LogP contribution >= 0.6 is 0 Å². The van der Waals surface area contributed by atoms with Gasteiger partial charge in [-0.15, -0.1) is 0 Å². The average molecular weight is 193 g/mol. The zero-order valence-electron chi connectivity index (χ0n) is 8.06. The van der Waals surface area contributed by atoms with E-state index in [1.54, 1.807) is 12.3 Å². The first-order valence-electron chi connectivity index (χ1n) is 4.92. The van der Waals surface area contributed by atoms with Crippen molar-refractivity contribution in [2.45, 2.75) is 25.4 Å². The van der Waals surface area contributed by atoms with Crippen LogP contribution in [0.15, 0.2) is 18.6 Å². The van der Waals surface area contributed by atoms with E-state index in [2.05, 4.69) is 9.97 Å². The molecule has 1 heterocycles. The quantitative estimate of drug-likeness (QED) is 0.739. The Morgan fingerprint density at radius 2 is 2.36 bits per heavy atom. The van der Waals surface area contributed by atoms with Crippen LogP contribution in [0.2, 0.25) is 0 Å². The molecule has 0 saturated heterocycles. The highest BCUT2D eigenvalue weighted by atomic mass is 16.3. The third kappa shape index (κ3) is 1.40. The van der Waals surface area contributed by atoms with Gasteiger partial charge in [-0.3, -0.25) is 0 Å². The zero-order valence-corrected chi connectivity index (χ0v) is 8.06. The summed E-state index contributed by atoms with van der Waals surface area (Å²) in [6, 6.07) is 1.75. The first kappa shape index (κ1) is 9.55. The van der Waals surface area contributed by atoms with Gasteiger partial charge in [-0.25, -0.2) is 9.97 Å². The van der Waals surface area contributed by atoms with Gasteiger partial charge < -0.3 is 10.8 Å². The third-order valence-corrected chi connectivity index (χ3v) is 3.22. The summed E-state index contributed by atoms with van der Waals surface area (Å²) < 4.78 is 0. The van der Waals surface area contributed by atoms with Crippen LogP contribution in [-0.4, -0.2) is 21.6 Å². The summed E-state index contributed by atoms with van der Waals surface area (Å²) in [6.45, 7) is 0.526. The normalized spacial score (nSPS) is 21.3. The number of aromatic nitrogens is 2. The molecule has 0 amide bonds. The molecule has 0 spiro atoms. The molecular formula is C10H15N3O. The number of hydrogen-bond acceptors (Lipinski definition) is 4. The highest BCUT2D eigenvalue weighted by molar-refractivity contribution is 5.10. The molecule has 1 atom stereocenters. The van der Waals surface area contributed by atoms with Crippen LogP contribution in [0.25, 0.3) is 0 Å². The number of nitrogens with two attached hydrogens (primary N) is 1. The van der Waals surface area contributed by atoms with Gasteiger partial charge in [-0.1, -0.05) is 6.42 Å². The Balaban J connectivity index is 2.19. The van der Waals surface area contributed by atoms with E-state index in [-0.39, 0.29) is 5.41 Å². The van der Waals surface area contributed by atoms with E-state index < -0.39 is 6.10 Å². The Morgan fingerprint density at radius 1 is 1.57 bits per heavy atom. The van der Waals surface area contributed by atoms with Crippen LogP contribution in [0.4, 0.5) is 0 Å². The van der Waals surface area contributed by atoms with Gasteiger partial charge in [0.25, 0.3) is 0 Å². The number of nitrogens with zero attached hydrogens (tertiary/aromatic N) is 2. The standard InChI is InChI=1S/C10H15N3O/c11-6-10(3-1-4-10)9(14)8-2-5-12-7-13-8/h2,5,7,9,14H,1,3-4,6,11H2. The molecule has 0 bridgehead atoms. The molecule has 1 aromatic heterocycles. The van der Waals surface area contributed by atoms with Crippen molar-refractivity contribution < 1.29 is 5.11 Å². The second kappa shape index (κ2) is 3.63. The fraction of sp³-hybridized carbons (Fsp3) is 0.600. The molecule has 0 aliphatic heterocycles. The van der Waals surface area contributed by atoms with Gasteiger partial charge in [0.05, 0.1) is 5.69 Å². The van der Waals surface area contributed by atoms with Gasteiger partial charge in [0.1, 0.15) is 12.4 Å². The molecule has 1 fully saturated rings. The predicted octanol–water partition coefficient (Wildman–Crippen LogP) is 0.639. The molecule has 1 aromatic rings. The minimum absolute atomic E-state index is 0.131. The number of hydrogen-bond donors (Lipinski definition) is 2. The number of aliphatic hydroxyl groups is 1. The molecule has 0 radical (unpaired) electrons. The first-order chi connectivity index (χ1) is 6.78. The summed E-state index contributed by atoms with van der Waals surface area (Å²) in [7, 11) is 0. The van der Waals surface area contributed by atoms with E-state index in [0.717, 1.165) is 19.3 Å². The molecule has 0 aromatic carbocycles. The van der Waals surface area contributed by atoms with Crippen LogP contribution in [0, 0.1) is 5.41 Å². The Kier molecular flexibility index (Phi) is 2.48. The Bertz CT molecular complexity index is 292. The van der Waals surface area contributed by atoms with E-state index in [1.807, 2.05) is 0 Å². The maximum absolute atomic E-state index is 10.1. The Morgan fingerprint density at radius 3 is 2.79 bits per heavy atom. The molecule has 1 aliphatic rings. The van der Waals surface area contributed by atoms with Crippen molar-refractivity contribution in [1.82, 2.24) is 9.97 Å². The predicted molar refractivity (Wildman–Crippen MR) is 52.3 cm³/mol. The largest absolute Gasteiger partial charge is 0.386 e. The molecule has 1 unspecified atom stereocenters. The second-order valence-corrected chi connectivity index (χ2v) is 3.96. The molecule has 1 saturated carbocycles. The lowest BCUT2D eigenvalue weighted by Crippen LogP contribution is -2.42. The Labute approximate surface area is 83.2 Å². The molecule has 4 heteroatoms. The maximum Gasteiger partial charge on any atom is 0.115 e. The van der Waals surface area contributed by atoms with Crippen molar-refractivity contribution >= 4 is 0 Å². The van der Waals surface area contributed by atoms with Gasteiger partial charge in [-0.05, 0) is 18.9 Å². The molecule has 76 valence electrons. The molecular weight excluding hydrogens is 178 g/mol. The van der Waals surface area contributed by atoms with Crippen LogP contribution in [0.1, 0.15) is 31.1 Å². The SMILES string of the molecule is NCC1(C(O)c2ccncn2)CCC1. The van der Waals surface area contributed by atoms with Crippen molar-refractivity contribution in [3.63, 3.8) is 0 Å². The molecule has 3 N–H and O–H groups in total. The van der Waals surface area contributed by atoms with Crippen molar-refractivity contribution in [1.29, 1.82) is 0 Å². The van der Waals surface area contributed by atoms with Crippen LogP contribution < -0.4 is 5.73 Å². The minimum atomic E-state index is -0.538. The van der Waals surface area contributed by atoms with Crippen LogP contribution in [0.3, 0.4) is 0 Å². The van der Waals surface area contributed by atoms with E-state index in [9.17, 15) is 5.11 Å². The summed E-state index contributed by atoms with van der Waals surface area (Å²) >= 11 is 0. The molecule has 2 rings (SSSR count). The maximum atomic E-state index is 10.1. The van der Waals surface area contributed by atoms with Gasteiger partial charge >= 0.3 is 0 Å². The lowest BCUT2D eigenvalue weighted by Gasteiger charge is -2.44. The van der Waals surface area contributed by atoms with Gasteiger partial charge in [0, 0.05) is 18.2 Å². The lowest BCUT2D eigenvalue weighted by atomic mass is 9.64. The molecule has 1 aliphatic carbocycles. The zero-order chi connectivity index (χ0) is 10.0. The second-order valence-electron chi connectivity index (χ2n) is 3.96. The molecule has 14 heavy (non-hydrogen) atoms. The van der Waals surface area contributed by atoms with Crippen LogP contribution in [-0.2, 0) is 0 Å². The summed E-state index contributed by atoms with van der Waals surface area (Å²) in [5.41, 5.74) is 6.26. The lowest BCUT2D eigenvalue weighted by molar-refractivity contribution is -0.0322. The summed E-state index contributed by atoms with van der Waals surface area (Å²) in [5.74, 6) is 0. The topological polar surface area (TPSA) is 72.0 Å². The van der Waals surface area contributed by atoms with Gasteiger partial charge in [0.15, 0.2) is 0 Å². The van der Waals surface area contributed by atoms with Crippen LogP contribution in [0.5, 0.6) is 0 Å². The van der Waals surface area contributed by atoms with Gasteiger partial charge in [0.2, 0.25) is 0 Å². The van der Waals surface area contributed by atoms with Crippen molar-refractivity contribution in [2.75, 3.05) is 6.54 Å². The van der Waals surface area contributed by atoms with E-state index >= 15 is 0 Å². The monoisotopic (exact) mass is 193 g/mol. The summed E-state index contributed by atoms with van der Waals surface area (Å²) in [5, 5.41) is 10.1. The smallest absolute Gasteiger partial charge is 0.115 e. The van der Waals surface area contributed by atoms with E-state index in [1.165, 1.54) is 6.33 Å². The van der Waals surface area contributed by atoms with Gasteiger partial charge in [-0.2, -0.15) is 0 Å². The van der Waals surface area contributed by atoms with Crippen molar-refractivity contribution in [2.24, 2.45) is 11.1 Å². The summed E-state index contributed by atoms with van der Waals surface area (Å²) in [4.78, 5) is 7.88. The van der Waals surface area contributed by atoms with E-state index in [0.29, 0.717) is 12.2 Å². The van der Waals surface area contributed by atoms with Crippen molar-refractivity contribution in [3.05, 3.63) is 24.3 Å². The minimum Gasteiger partial charge on any atom is -0.386 e. The highest BCUT2D eigenvalue weighted by Crippen LogP contribution is 2.48. The third-order valence-electron chi connectivity index (χ3n) is 3.22. The van der Waals surface area contributed by atoms with Crippen molar-refractivity contribution in [3.8, 4) is 0 Å². The average Bonchev–Trinajstić information content (AvgIpc) is 2.18.